The average Bonchev–Trinajstić information content (AvgIpc) is 3.13. The molecule has 3 aliphatic rings. The predicted octanol–water partition coefficient (Wildman–Crippen LogP) is 3.01. The van der Waals surface area contributed by atoms with E-state index in [1.807, 2.05) is 52.9 Å². The van der Waals surface area contributed by atoms with Crippen molar-refractivity contribution in [2.75, 3.05) is 5.32 Å². The summed E-state index contributed by atoms with van der Waals surface area (Å²) in [6.45, 7) is 2.76. The number of nitrogens with one attached hydrogen (secondary N) is 1. The van der Waals surface area contributed by atoms with E-state index in [4.69, 9.17) is 0 Å². The summed E-state index contributed by atoms with van der Waals surface area (Å²) < 4.78 is 1.90. The van der Waals surface area contributed by atoms with E-state index < -0.39 is 0 Å². The number of rotatable bonds is 2. The van der Waals surface area contributed by atoms with E-state index in [1.54, 1.807) is 12.5 Å². The Balaban J connectivity index is 1.38. The first kappa shape index (κ1) is 15.1. The number of nitrogens with zero attached hydrogens (tertiary/aromatic N) is 5. The Morgan fingerprint density at radius 3 is 3.00 bits per heavy atom. The highest BCUT2D eigenvalue weighted by atomic mass is 16.2. The molecule has 0 saturated carbocycles. The Morgan fingerprint density at radius 1 is 1.23 bits per heavy atom. The van der Waals surface area contributed by atoms with E-state index in [0.29, 0.717) is 6.54 Å². The zero-order valence-electron chi connectivity index (χ0n) is 14.3. The Labute approximate surface area is 150 Å². The van der Waals surface area contributed by atoms with Gasteiger partial charge in [0, 0.05) is 17.4 Å². The van der Waals surface area contributed by atoms with E-state index >= 15 is 0 Å². The van der Waals surface area contributed by atoms with Crippen molar-refractivity contribution >= 4 is 11.7 Å². The van der Waals surface area contributed by atoms with Gasteiger partial charge in [-0.15, -0.1) is 0 Å². The normalized spacial score (nSPS) is 20.3. The van der Waals surface area contributed by atoms with Crippen LogP contribution in [-0.2, 0) is 6.54 Å². The minimum Gasteiger partial charge on any atom is -0.309 e. The van der Waals surface area contributed by atoms with Crippen LogP contribution in [-0.4, -0.2) is 36.7 Å². The summed E-state index contributed by atoms with van der Waals surface area (Å²) in [5.74, 6) is 0.876. The number of benzene rings is 1. The molecule has 130 valence electrons. The molecule has 2 unspecified atom stereocenters. The molecule has 1 N–H and O–H groups in total. The van der Waals surface area contributed by atoms with Crippen LogP contribution in [0.4, 0.5) is 10.5 Å². The van der Waals surface area contributed by atoms with Gasteiger partial charge in [-0.2, -0.15) is 5.10 Å². The lowest BCUT2D eigenvalue weighted by Gasteiger charge is -2.51. The third kappa shape index (κ3) is 2.28. The SMILES string of the molecule is Cc1ccc(NC(=O)N2C3CC2c2ncnn2C3)cc1-c1ccccn1. The summed E-state index contributed by atoms with van der Waals surface area (Å²) >= 11 is 0. The Kier molecular flexibility index (Phi) is 3.28. The van der Waals surface area contributed by atoms with Crippen LogP contribution < -0.4 is 5.32 Å². The van der Waals surface area contributed by atoms with Crippen LogP contribution >= 0.6 is 0 Å². The van der Waals surface area contributed by atoms with Gasteiger partial charge >= 0.3 is 6.03 Å². The molecule has 7 nitrogen and oxygen atoms in total. The molecular formula is C19H18N6O. The van der Waals surface area contributed by atoms with Crippen molar-refractivity contribution < 1.29 is 4.79 Å². The molecular weight excluding hydrogens is 328 g/mol. The zero-order chi connectivity index (χ0) is 17.7. The lowest BCUT2D eigenvalue weighted by Crippen LogP contribution is -2.60. The van der Waals surface area contributed by atoms with Gasteiger partial charge in [0.1, 0.15) is 12.2 Å². The molecule has 7 heteroatoms. The molecule has 1 aromatic carbocycles. The number of pyridine rings is 1. The van der Waals surface area contributed by atoms with Gasteiger partial charge < -0.3 is 10.2 Å². The molecule has 3 aromatic rings. The number of aryl methyl sites for hydroxylation is 1. The van der Waals surface area contributed by atoms with Crippen LogP contribution in [0.2, 0.25) is 0 Å². The molecule has 1 saturated heterocycles. The van der Waals surface area contributed by atoms with Crippen LogP contribution in [0.5, 0.6) is 0 Å². The fraction of sp³-hybridized carbons (Fsp3) is 0.263. The second kappa shape index (κ2) is 5.66. The fourth-order valence-corrected chi connectivity index (χ4v) is 3.86. The van der Waals surface area contributed by atoms with Crippen molar-refractivity contribution in [3.05, 3.63) is 60.3 Å². The number of hydrogen-bond donors (Lipinski definition) is 1. The standard InChI is InChI=1S/C19H18N6O/c1-12-5-6-13(8-15(12)16-4-2-3-7-20-16)23-19(26)25-14-9-17(25)18-21-11-22-24(18)10-14/h2-8,11,14,17H,9-10H2,1H3,(H,23,26). The van der Waals surface area contributed by atoms with Crippen LogP contribution in [0.15, 0.2) is 48.9 Å². The first-order valence-electron chi connectivity index (χ1n) is 8.70. The van der Waals surface area contributed by atoms with Gasteiger partial charge in [-0.3, -0.25) is 4.98 Å². The summed E-state index contributed by atoms with van der Waals surface area (Å²) in [6.07, 6.45) is 4.29. The topological polar surface area (TPSA) is 75.9 Å². The van der Waals surface area contributed by atoms with Gasteiger partial charge in [-0.05, 0) is 43.2 Å². The number of anilines is 1. The van der Waals surface area contributed by atoms with Crippen LogP contribution in [0.3, 0.4) is 0 Å². The summed E-state index contributed by atoms with van der Waals surface area (Å²) in [7, 11) is 0. The maximum Gasteiger partial charge on any atom is 0.322 e. The maximum absolute atomic E-state index is 12.8. The predicted molar refractivity (Wildman–Crippen MR) is 96.4 cm³/mol. The van der Waals surface area contributed by atoms with Gasteiger partial charge in [-0.25, -0.2) is 14.5 Å². The van der Waals surface area contributed by atoms with Crippen molar-refractivity contribution in [1.29, 1.82) is 0 Å². The van der Waals surface area contributed by atoms with Crippen molar-refractivity contribution in [3.63, 3.8) is 0 Å². The van der Waals surface area contributed by atoms with Crippen molar-refractivity contribution in [2.45, 2.75) is 32.0 Å². The molecule has 2 atom stereocenters. The number of carbonyl (C=O) groups excluding carboxylic acids is 1. The smallest absolute Gasteiger partial charge is 0.309 e. The number of aromatic nitrogens is 4. The molecule has 2 aromatic heterocycles. The van der Waals surface area contributed by atoms with E-state index in [2.05, 4.69) is 20.4 Å². The van der Waals surface area contributed by atoms with Gasteiger partial charge in [-0.1, -0.05) is 12.1 Å². The van der Waals surface area contributed by atoms with Gasteiger partial charge in [0.2, 0.25) is 0 Å². The lowest BCUT2D eigenvalue weighted by molar-refractivity contribution is 0.0134. The summed E-state index contributed by atoms with van der Waals surface area (Å²) in [6, 6.07) is 11.9. The molecule has 2 bridgehead atoms. The van der Waals surface area contributed by atoms with Crippen LogP contribution in [0, 0.1) is 6.92 Å². The molecule has 0 spiro atoms. The minimum atomic E-state index is -0.0867. The Bertz CT molecular complexity index is 983. The first-order chi connectivity index (χ1) is 12.7. The van der Waals surface area contributed by atoms with E-state index in [1.165, 1.54) is 0 Å². The monoisotopic (exact) mass is 346 g/mol. The van der Waals surface area contributed by atoms with Crippen LogP contribution in [0.25, 0.3) is 11.3 Å². The number of hydrogen-bond acceptors (Lipinski definition) is 4. The van der Waals surface area contributed by atoms with E-state index in [9.17, 15) is 4.79 Å². The van der Waals surface area contributed by atoms with Gasteiger partial charge in [0.05, 0.1) is 24.3 Å². The number of urea groups is 1. The summed E-state index contributed by atoms with van der Waals surface area (Å²) in [5, 5.41) is 7.25. The second-order valence-corrected chi connectivity index (χ2v) is 6.79. The van der Waals surface area contributed by atoms with E-state index in [-0.39, 0.29) is 18.1 Å². The zero-order valence-corrected chi connectivity index (χ0v) is 14.3. The van der Waals surface area contributed by atoms with Crippen molar-refractivity contribution in [2.24, 2.45) is 0 Å². The third-order valence-corrected chi connectivity index (χ3v) is 5.22. The molecule has 6 rings (SSSR count). The Morgan fingerprint density at radius 2 is 2.15 bits per heavy atom. The largest absolute Gasteiger partial charge is 0.322 e. The summed E-state index contributed by atoms with van der Waals surface area (Å²) in [5.41, 5.74) is 3.81. The van der Waals surface area contributed by atoms with E-state index in [0.717, 1.165) is 34.8 Å². The second-order valence-electron chi connectivity index (χ2n) is 6.79. The molecule has 5 heterocycles. The maximum atomic E-state index is 12.8. The summed E-state index contributed by atoms with van der Waals surface area (Å²) in [4.78, 5) is 23.4. The minimum absolute atomic E-state index is 0.0250. The third-order valence-electron chi connectivity index (χ3n) is 5.22. The highest BCUT2D eigenvalue weighted by Crippen LogP contribution is 2.42. The number of carbonyl (C=O) groups is 1. The molecule has 1 fully saturated rings. The molecule has 2 amide bonds. The molecule has 3 aliphatic heterocycles. The highest BCUT2D eigenvalue weighted by molar-refractivity contribution is 5.91. The van der Waals surface area contributed by atoms with Crippen LogP contribution in [0.1, 0.15) is 23.9 Å². The van der Waals surface area contributed by atoms with Crippen molar-refractivity contribution in [1.82, 2.24) is 24.6 Å². The quantitative estimate of drug-likeness (QED) is 0.774. The molecule has 0 aliphatic carbocycles. The fourth-order valence-electron chi connectivity index (χ4n) is 3.86. The van der Waals surface area contributed by atoms with Gasteiger partial charge in [0.25, 0.3) is 0 Å². The van der Waals surface area contributed by atoms with Gasteiger partial charge in [0.15, 0.2) is 0 Å². The average molecular weight is 346 g/mol. The highest BCUT2D eigenvalue weighted by Gasteiger charge is 2.49. The molecule has 26 heavy (non-hydrogen) atoms. The Hall–Kier alpha value is -3.22. The van der Waals surface area contributed by atoms with Crippen molar-refractivity contribution in [3.8, 4) is 11.3 Å². The first-order valence-corrected chi connectivity index (χ1v) is 8.70. The number of amides is 2. The lowest BCUT2D eigenvalue weighted by atomic mass is 9.89. The molecule has 0 radical (unpaired) electrons.